The summed E-state index contributed by atoms with van der Waals surface area (Å²) in [6.45, 7) is 9.48. The van der Waals surface area contributed by atoms with Crippen LogP contribution < -0.4 is 10.6 Å². The summed E-state index contributed by atoms with van der Waals surface area (Å²) in [7, 11) is 0. The summed E-state index contributed by atoms with van der Waals surface area (Å²) in [6, 6.07) is 7.83. The Kier molecular flexibility index (Phi) is 7.39. The summed E-state index contributed by atoms with van der Waals surface area (Å²) in [5, 5.41) is 14.2. The minimum absolute atomic E-state index is 0.0177. The first-order valence-corrected chi connectivity index (χ1v) is 9.88. The van der Waals surface area contributed by atoms with Crippen LogP contribution in [-0.2, 0) is 9.53 Å². The molecule has 1 aromatic heterocycles. The van der Waals surface area contributed by atoms with Crippen LogP contribution in [0.5, 0.6) is 0 Å². The fourth-order valence-electron chi connectivity index (χ4n) is 3.01. The molecular formula is C20H29N5O3. The maximum atomic E-state index is 11.8. The molecule has 1 aliphatic heterocycles. The summed E-state index contributed by atoms with van der Waals surface area (Å²) < 4.78 is 11.0. The topological polar surface area (TPSA) is 92.5 Å². The Balaban J connectivity index is 1.44. The van der Waals surface area contributed by atoms with Gasteiger partial charge in [-0.25, -0.2) is 0 Å². The van der Waals surface area contributed by atoms with Gasteiger partial charge in [0.15, 0.2) is 0 Å². The molecule has 2 N–H and O–H groups in total. The third-order valence-electron chi connectivity index (χ3n) is 4.47. The van der Waals surface area contributed by atoms with Gasteiger partial charge in [-0.2, -0.15) is 0 Å². The quantitative estimate of drug-likeness (QED) is 0.639. The van der Waals surface area contributed by atoms with Crippen molar-refractivity contribution in [2.75, 3.05) is 50.0 Å². The van der Waals surface area contributed by atoms with E-state index in [1.54, 1.807) is 0 Å². The van der Waals surface area contributed by atoms with E-state index in [0.29, 0.717) is 24.2 Å². The second kappa shape index (κ2) is 10.2. The molecule has 1 amide bonds. The minimum atomic E-state index is 0.0177. The van der Waals surface area contributed by atoms with Crippen molar-refractivity contribution in [1.82, 2.24) is 15.1 Å². The highest BCUT2D eigenvalue weighted by atomic mass is 16.5. The van der Waals surface area contributed by atoms with Gasteiger partial charge in [0.05, 0.1) is 13.2 Å². The lowest BCUT2D eigenvalue weighted by Crippen LogP contribution is -2.37. The number of hydrogen-bond acceptors (Lipinski definition) is 7. The molecule has 0 unspecified atom stereocenters. The van der Waals surface area contributed by atoms with Crippen molar-refractivity contribution in [2.24, 2.45) is 5.92 Å². The lowest BCUT2D eigenvalue weighted by molar-refractivity contribution is -0.116. The number of nitrogens with zero attached hydrogens (tertiary/aromatic N) is 3. The molecule has 0 radical (unpaired) electrons. The van der Waals surface area contributed by atoms with Crippen LogP contribution in [0.1, 0.15) is 26.7 Å². The first-order valence-electron chi connectivity index (χ1n) is 9.88. The van der Waals surface area contributed by atoms with Crippen LogP contribution >= 0.6 is 0 Å². The molecule has 8 heteroatoms. The third-order valence-corrected chi connectivity index (χ3v) is 4.47. The van der Waals surface area contributed by atoms with E-state index in [1.807, 2.05) is 38.1 Å². The van der Waals surface area contributed by atoms with Gasteiger partial charge in [0, 0.05) is 37.3 Å². The molecular weight excluding hydrogens is 358 g/mol. The molecule has 8 nitrogen and oxygen atoms in total. The fourth-order valence-corrected chi connectivity index (χ4v) is 3.01. The number of hydrogen-bond donors (Lipinski definition) is 2. The summed E-state index contributed by atoms with van der Waals surface area (Å²) in [5.74, 6) is 0.803. The molecule has 3 rings (SSSR count). The number of benzene rings is 1. The van der Waals surface area contributed by atoms with Crippen molar-refractivity contribution >= 4 is 17.6 Å². The van der Waals surface area contributed by atoms with Gasteiger partial charge < -0.3 is 19.8 Å². The highest BCUT2D eigenvalue weighted by Crippen LogP contribution is 2.22. The van der Waals surface area contributed by atoms with Gasteiger partial charge in [-0.3, -0.25) is 9.69 Å². The van der Waals surface area contributed by atoms with Gasteiger partial charge in [-0.15, -0.1) is 5.10 Å². The van der Waals surface area contributed by atoms with E-state index in [4.69, 9.17) is 9.15 Å². The maximum absolute atomic E-state index is 11.8. The zero-order valence-corrected chi connectivity index (χ0v) is 16.6. The van der Waals surface area contributed by atoms with Crippen LogP contribution in [0.2, 0.25) is 0 Å². The molecule has 0 spiro atoms. The number of carbonyl (C=O) groups is 1. The van der Waals surface area contributed by atoms with E-state index in [-0.39, 0.29) is 5.91 Å². The Morgan fingerprint density at radius 3 is 2.64 bits per heavy atom. The van der Waals surface area contributed by atoms with Gasteiger partial charge in [0.1, 0.15) is 0 Å². The normalized spacial score (nSPS) is 15.0. The predicted octanol–water partition coefficient (Wildman–Crippen LogP) is 2.86. The monoisotopic (exact) mass is 387 g/mol. The lowest BCUT2D eigenvalue weighted by atomic mass is 10.1. The largest absolute Gasteiger partial charge is 0.403 e. The predicted molar refractivity (Wildman–Crippen MR) is 108 cm³/mol. The van der Waals surface area contributed by atoms with E-state index >= 15 is 0 Å². The maximum Gasteiger partial charge on any atom is 0.315 e. The number of anilines is 2. The van der Waals surface area contributed by atoms with E-state index < -0.39 is 0 Å². The van der Waals surface area contributed by atoms with Crippen molar-refractivity contribution in [2.45, 2.75) is 26.7 Å². The van der Waals surface area contributed by atoms with Crippen molar-refractivity contribution in [1.29, 1.82) is 0 Å². The minimum Gasteiger partial charge on any atom is -0.403 e. The molecule has 1 fully saturated rings. The highest BCUT2D eigenvalue weighted by molar-refractivity contribution is 5.91. The van der Waals surface area contributed by atoms with E-state index in [9.17, 15) is 4.79 Å². The van der Waals surface area contributed by atoms with Gasteiger partial charge in [0.25, 0.3) is 0 Å². The van der Waals surface area contributed by atoms with Crippen molar-refractivity contribution in [3.8, 4) is 11.5 Å². The fraction of sp³-hybridized carbons (Fsp3) is 0.550. The Bertz CT molecular complexity index is 739. The summed E-state index contributed by atoms with van der Waals surface area (Å²) >= 11 is 0. The molecule has 152 valence electrons. The smallest absolute Gasteiger partial charge is 0.315 e. The first kappa shape index (κ1) is 20.3. The standard InChI is InChI=1S/C20H29N5O3/c1-15(2)14-18(26)22-17-6-4-16(5-7-17)19-23-24-20(28-19)21-8-3-9-25-10-12-27-13-11-25/h4-7,15H,3,8-14H2,1-2H3,(H,21,24)(H,22,26). The van der Waals surface area contributed by atoms with Crippen molar-refractivity contribution in [3.63, 3.8) is 0 Å². The molecule has 2 aromatic rings. The molecule has 1 aliphatic rings. The number of carbonyl (C=O) groups excluding carboxylic acids is 1. The number of ether oxygens (including phenoxy) is 1. The van der Waals surface area contributed by atoms with Crippen molar-refractivity contribution < 1.29 is 13.9 Å². The average molecular weight is 387 g/mol. The highest BCUT2D eigenvalue weighted by Gasteiger charge is 2.11. The molecule has 0 saturated carbocycles. The van der Waals surface area contributed by atoms with E-state index in [0.717, 1.165) is 57.1 Å². The molecule has 0 aliphatic carbocycles. The number of nitrogens with one attached hydrogen (secondary N) is 2. The number of morpholine rings is 1. The van der Waals surface area contributed by atoms with Crippen LogP contribution in [0.4, 0.5) is 11.7 Å². The van der Waals surface area contributed by atoms with E-state index in [2.05, 4.69) is 25.7 Å². The molecule has 1 saturated heterocycles. The molecule has 28 heavy (non-hydrogen) atoms. The van der Waals surface area contributed by atoms with Crippen LogP contribution in [0.3, 0.4) is 0 Å². The molecule has 1 aromatic carbocycles. The van der Waals surface area contributed by atoms with Crippen LogP contribution in [0, 0.1) is 5.92 Å². The summed E-state index contributed by atoms with van der Waals surface area (Å²) in [4.78, 5) is 14.2. The van der Waals surface area contributed by atoms with Gasteiger partial charge >= 0.3 is 6.01 Å². The lowest BCUT2D eigenvalue weighted by Gasteiger charge is -2.26. The van der Waals surface area contributed by atoms with Crippen molar-refractivity contribution in [3.05, 3.63) is 24.3 Å². The van der Waals surface area contributed by atoms with Gasteiger partial charge in [0.2, 0.25) is 11.8 Å². The Morgan fingerprint density at radius 1 is 1.18 bits per heavy atom. The third kappa shape index (κ3) is 6.31. The Hall–Kier alpha value is -2.45. The average Bonchev–Trinajstić information content (AvgIpc) is 3.15. The SMILES string of the molecule is CC(C)CC(=O)Nc1ccc(-c2nnc(NCCCN3CCOCC3)o2)cc1. The summed E-state index contributed by atoms with van der Waals surface area (Å²) in [6.07, 6.45) is 1.51. The zero-order valence-electron chi connectivity index (χ0n) is 16.6. The second-order valence-corrected chi connectivity index (χ2v) is 7.37. The summed E-state index contributed by atoms with van der Waals surface area (Å²) in [5.41, 5.74) is 1.58. The Labute approximate surface area is 165 Å². The second-order valence-electron chi connectivity index (χ2n) is 7.37. The number of amides is 1. The molecule has 2 heterocycles. The van der Waals surface area contributed by atoms with Crippen LogP contribution in [0.25, 0.3) is 11.5 Å². The van der Waals surface area contributed by atoms with Gasteiger partial charge in [-0.1, -0.05) is 18.9 Å². The van der Waals surface area contributed by atoms with Gasteiger partial charge in [-0.05, 0) is 43.1 Å². The van der Waals surface area contributed by atoms with E-state index in [1.165, 1.54) is 0 Å². The first-order chi connectivity index (χ1) is 13.6. The van der Waals surface area contributed by atoms with Crippen LogP contribution in [0.15, 0.2) is 28.7 Å². The number of aromatic nitrogens is 2. The zero-order chi connectivity index (χ0) is 19.8. The number of rotatable bonds is 9. The molecule has 0 atom stereocenters. The molecule has 0 bridgehead atoms. The Morgan fingerprint density at radius 2 is 1.93 bits per heavy atom. The van der Waals surface area contributed by atoms with Crippen LogP contribution in [-0.4, -0.2) is 60.4 Å².